The van der Waals surface area contributed by atoms with Crippen molar-refractivity contribution in [2.45, 2.75) is 38.4 Å². The lowest BCUT2D eigenvalue weighted by molar-refractivity contribution is 0.366. The van der Waals surface area contributed by atoms with Crippen molar-refractivity contribution in [3.8, 4) is 11.4 Å². The van der Waals surface area contributed by atoms with E-state index in [1.807, 2.05) is 39.8 Å². The van der Waals surface area contributed by atoms with E-state index in [1.165, 1.54) is 4.57 Å². The van der Waals surface area contributed by atoms with Gasteiger partial charge in [0.2, 0.25) is 0 Å². The van der Waals surface area contributed by atoms with Gasteiger partial charge in [-0.3, -0.25) is 9.55 Å². The highest BCUT2D eigenvalue weighted by atomic mass is 32.2. The fourth-order valence-electron chi connectivity index (χ4n) is 1.85. The molecular formula is C12H17N5O2S. The second kappa shape index (κ2) is 4.64. The maximum absolute atomic E-state index is 11.6. The molecule has 0 saturated heterocycles. The van der Waals surface area contributed by atoms with Crippen molar-refractivity contribution < 1.29 is 8.42 Å². The summed E-state index contributed by atoms with van der Waals surface area (Å²) in [5, 5.41) is 12.6. The number of aryl methyl sites for hydroxylation is 1. The van der Waals surface area contributed by atoms with Crippen molar-refractivity contribution in [1.29, 1.82) is 0 Å². The van der Waals surface area contributed by atoms with Crippen molar-refractivity contribution in [2.75, 3.05) is 0 Å². The fraction of sp³-hybridized carbons (Fsp3) is 0.417. The summed E-state index contributed by atoms with van der Waals surface area (Å²) in [4.78, 5) is 4.19. The molecule has 0 aromatic carbocycles. The molecule has 0 spiro atoms. The molecular weight excluding hydrogens is 278 g/mol. The molecule has 0 saturated carbocycles. The molecule has 2 aromatic rings. The smallest absolute Gasteiger partial charge is 0.273 e. The maximum Gasteiger partial charge on any atom is 0.273 e. The van der Waals surface area contributed by atoms with Gasteiger partial charge in [0.25, 0.3) is 15.2 Å². The van der Waals surface area contributed by atoms with Gasteiger partial charge in [-0.15, -0.1) is 10.2 Å². The van der Waals surface area contributed by atoms with Gasteiger partial charge in [0, 0.05) is 23.0 Å². The van der Waals surface area contributed by atoms with Crippen molar-refractivity contribution in [1.82, 2.24) is 19.7 Å². The second-order valence-electron chi connectivity index (χ2n) is 5.55. The molecule has 0 atom stereocenters. The maximum atomic E-state index is 11.6. The van der Waals surface area contributed by atoms with E-state index in [1.54, 1.807) is 6.20 Å². The number of aromatic nitrogens is 4. The molecule has 0 aliphatic carbocycles. The largest absolute Gasteiger partial charge is 0.291 e. The highest BCUT2D eigenvalue weighted by Gasteiger charge is 2.29. The van der Waals surface area contributed by atoms with Gasteiger partial charge in [-0.1, -0.05) is 0 Å². The first-order valence-electron chi connectivity index (χ1n) is 6.02. The van der Waals surface area contributed by atoms with Crippen LogP contribution in [0, 0.1) is 6.92 Å². The van der Waals surface area contributed by atoms with Crippen molar-refractivity contribution in [3.05, 3.63) is 24.0 Å². The third kappa shape index (κ3) is 2.70. The predicted octanol–water partition coefficient (Wildman–Crippen LogP) is 1.05. The van der Waals surface area contributed by atoms with E-state index in [0.717, 1.165) is 5.69 Å². The van der Waals surface area contributed by atoms with E-state index < -0.39 is 15.6 Å². The highest BCUT2D eigenvalue weighted by Crippen LogP contribution is 2.27. The van der Waals surface area contributed by atoms with Crippen molar-refractivity contribution in [2.24, 2.45) is 5.14 Å². The van der Waals surface area contributed by atoms with Crippen molar-refractivity contribution >= 4 is 10.0 Å². The summed E-state index contributed by atoms with van der Waals surface area (Å²) in [6, 6.07) is 3.65. The van der Waals surface area contributed by atoms with Gasteiger partial charge in [0.05, 0.1) is 0 Å². The van der Waals surface area contributed by atoms with Gasteiger partial charge in [0.15, 0.2) is 5.82 Å². The third-order valence-corrected chi connectivity index (χ3v) is 3.50. The van der Waals surface area contributed by atoms with Crippen LogP contribution in [-0.2, 0) is 15.6 Å². The minimum atomic E-state index is -3.94. The molecule has 0 aliphatic rings. The molecule has 2 aromatic heterocycles. The van der Waals surface area contributed by atoms with Gasteiger partial charge in [-0.25, -0.2) is 13.6 Å². The number of nitrogens with two attached hydrogens (primary N) is 1. The average Bonchev–Trinajstić information content (AvgIpc) is 2.73. The molecule has 2 heterocycles. The third-order valence-electron chi connectivity index (χ3n) is 2.73. The van der Waals surface area contributed by atoms with Crippen LogP contribution < -0.4 is 5.14 Å². The Balaban J connectivity index is 2.72. The Morgan fingerprint density at radius 2 is 1.85 bits per heavy atom. The standard InChI is InChI=1S/C12H17N5O2S/c1-8-5-6-9(7-14-8)10-15-16-11(20(13,18)19)17(10)12(2,3)4/h5-7H,1-4H3,(H2,13,18,19). The van der Waals surface area contributed by atoms with Gasteiger partial charge < -0.3 is 0 Å². The van der Waals surface area contributed by atoms with Gasteiger partial charge in [-0.2, -0.15) is 0 Å². The first-order chi connectivity index (χ1) is 9.10. The van der Waals surface area contributed by atoms with E-state index in [4.69, 9.17) is 5.14 Å². The SMILES string of the molecule is Cc1ccc(-c2nnc(S(N)(=O)=O)n2C(C)(C)C)cn1. The second-order valence-corrected chi connectivity index (χ2v) is 7.00. The van der Waals surface area contributed by atoms with E-state index in [2.05, 4.69) is 15.2 Å². The van der Waals surface area contributed by atoms with E-state index in [-0.39, 0.29) is 5.16 Å². The summed E-state index contributed by atoms with van der Waals surface area (Å²) in [6.07, 6.45) is 1.63. The van der Waals surface area contributed by atoms with Crippen LogP contribution in [-0.4, -0.2) is 28.2 Å². The lowest BCUT2D eigenvalue weighted by atomic mass is 10.1. The van der Waals surface area contributed by atoms with Gasteiger partial charge in [0.1, 0.15) is 0 Å². The Morgan fingerprint density at radius 1 is 1.20 bits per heavy atom. The first kappa shape index (κ1) is 14.6. The van der Waals surface area contributed by atoms with Crippen LogP contribution in [0.2, 0.25) is 0 Å². The van der Waals surface area contributed by atoms with E-state index >= 15 is 0 Å². The Kier molecular flexibility index (Phi) is 3.39. The lowest BCUT2D eigenvalue weighted by Crippen LogP contribution is -2.29. The summed E-state index contributed by atoms with van der Waals surface area (Å²) >= 11 is 0. The predicted molar refractivity (Wildman–Crippen MR) is 74.4 cm³/mol. The highest BCUT2D eigenvalue weighted by molar-refractivity contribution is 7.89. The van der Waals surface area contributed by atoms with Crippen LogP contribution in [0.1, 0.15) is 26.5 Å². The monoisotopic (exact) mass is 295 g/mol. The zero-order valence-corrected chi connectivity index (χ0v) is 12.6. The zero-order valence-electron chi connectivity index (χ0n) is 11.8. The topological polar surface area (TPSA) is 104 Å². The quantitative estimate of drug-likeness (QED) is 0.891. The summed E-state index contributed by atoms with van der Waals surface area (Å²) in [6.45, 7) is 7.44. The van der Waals surface area contributed by atoms with Gasteiger partial charge in [-0.05, 0) is 39.8 Å². The summed E-state index contributed by atoms with van der Waals surface area (Å²) in [5.41, 5.74) is 1.01. The Bertz CT molecular complexity index is 726. The van der Waals surface area contributed by atoms with Crippen LogP contribution in [0.15, 0.2) is 23.5 Å². The van der Waals surface area contributed by atoms with Gasteiger partial charge >= 0.3 is 0 Å². The molecule has 7 nitrogen and oxygen atoms in total. The molecule has 2 rings (SSSR count). The zero-order chi connectivity index (χ0) is 15.1. The molecule has 20 heavy (non-hydrogen) atoms. The number of sulfonamides is 1. The summed E-state index contributed by atoms with van der Waals surface area (Å²) in [5.74, 6) is 0.425. The van der Waals surface area contributed by atoms with Crippen LogP contribution >= 0.6 is 0 Å². The Labute approximate surface area is 117 Å². The minimum absolute atomic E-state index is 0.249. The fourth-order valence-corrected chi connectivity index (χ4v) is 2.62. The Hall–Kier alpha value is -1.80. The number of nitrogens with zero attached hydrogens (tertiary/aromatic N) is 4. The molecule has 0 aliphatic heterocycles. The van der Waals surface area contributed by atoms with Crippen molar-refractivity contribution in [3.63, 3.8) is 0 Å². The van der Waals surface area contributed by atoms with Crippen LogP contribution in [0.5, 0.6) is 0 Å². The summed E-state index contributed by atoms with van der Waals surface area (Å²) in [7, 11) is -3.94. The Morgan fingerprint density at radius 3 is 2.30 bits per heavy atom. The van der Waals surface area contributed by atoms with Crippen LogP contribution in [0.25, 0.3) is 11.4 Å². The molecule has 8 heteroatoms. The number of hydrogen-bond acceptors (Lipinski definition) is 5. The van der Waals surface area contributed by atoms with E-state index in [0.29, 0.717) is 11.4 Å². The number of pyridine rings is 1. The molecule has 0 bridgehead atoms. The minimum Gasteiger partial charge on any atom is -0.291 e. The number of primary sulfonamides is 1. The molecule has 0 fully saturated rings. The summed E-state index contributed by atoms with van der Waals surface area (Å²) < 4.78 is 24.8. The molecule has 2 N–H and O–H groups in total. The van der Waals surface area contributed by atoms with E-state index in [9.17, 15) is 8.42 Å². The normalized spacial score (nSPS) is 12.7. The molecule has 0 unspecified atom stereocenters. The average molecular weight is 295 g/mol. The van der Waals surface area contributed by atoms with Crippen LogP contribution in [0.4, 0.5) is 0 Å². The first-order valence-corrected chi connectivity index (χ1v) is 7.57. The lowest BCUT2D eigenvalue weighted by Gasteiger charge is -2.24. The number of rotatable bonds is 2. The number of hydrogen-bond donors (Lipinski definition) is 1. The molecule has 0 radical (unpaired) electrons. The molecule has 108 valence electrons. The van der Waals surface area contributed by atoms with Crippen LogP contribution in [0.3, 0.4) is 0 Å². The molecule has 0 amide bonds.